The lowest BCUT2D eigenvalue weighted by Crippen LogP contribution is -2.04. The van der Waals surface area contributed by atoms with Crippen LogP contribution >= 0.6 is 0 Å². The second-order valence-corrected chi connectivity index (χ2v) is 9.93. The van der Waals surface area contributed by atoms with Crippen LogP contribution in [-0.2, 0) is 0 Å². The molecule has 0 aliphatic heterocycles. The van der Waals surface area contributed by atoms with Gasteiger partial charge >= 0.3 is 0 Å². The zero-order chi connectivity index (χ0) is 26.6. The summed E-state index contributed by atoms with van der Waals surface area (Å²) in [7, 11) is 0. The van der Waals surface area contributed by atoms with E-state index in [1.165, 1.54) is 10.8 Å². The van der Waals surface area contributed by atoms with Crippen molar-refractivity contribution in [3.05, 3.63) is 139 Å². The summed E-state index contributed by atoms with van der Waals surface area (Å²) in [5.74, 6) is 0.831. The predicted molar refractivity (Wildman–Crippen MR) is 163 cm³/mol. The molecule has 186 valence electrons. The monoisotopic (exact) mass is 510 g/mol. The molecular formula is C36H22N4. The lowest BCUT2D eigenvalue weighted by molar-refractivity contribution is 1.08. The van der Waals surface area contributed by atoms with Crippen LogP contribution in [0.3, 0.4) is 0 Å². The first-order valence-electron chi connectivity index (χ1n) is 13.3. The summed E-state index contributed by atoms with van der Waals surface area (Å²) in [4.78, 5) is 4.97. The van der Waals surface area contributed by atoms with Crippen molar-refractivity contribution in [1.82, 2.24) is 14.1 Å². The summed E-state index contributed by atoms with van der Waals surface area (Å²) < 4.78 is 4.48. The molecule has 0 saturated heterocycles. The number of benzene rings is 5. The van der Waals surface area contributed by atoms with Gasteiger partial charge in [-0.1, -0.05) is 84.9 Å². The highest BCUT2D eigenvalue weighted by Crippen LogP contribution is 2.40. The van der Waals surface area contributed by atoms with E-state index >= 15 is 0 Å². The van der Waals surface area contributed by atoms with Crippen molar-refractivity contribution < 1.29 is 0 Å². The number of para-hydroxylation sites is 5. The van der Waals surface area contributed by atoms with Crippen molar-refractivity contribution in [2.45, 2.75) is 0 Å². The highest BCUT2D eigenvalue weighted by molar-refractivity contribution is 6.11. The van der Waals surface area contributed by atoms with Gasteiger partial charge in [-0.3, -0.25) is 4.57 Å². The summed E-state index contributed by atoms with van der Waals surface area (Å²) in [6, 6.07) is 46.3. The van der Waals surface area contributed by atoms with Crippen LogP contribution in [0.2, 0.25) is 0 Å². The van der Waals surface area contributed by atoms with Crippen LogP contribution in [0.4, 0.5) is 0 Å². The zero-order valence-corrected chi connectivity index (χ0v) is 21.5. The van der Waals surface area contributed by atoms with Crippen molar-refractivity contribution in [2.75, 3.05) is 0 Å². The van der Waals surface area contributed by atoms with Gasteiger partial charge < -0.3 is 4.57 Å². The minimum Gasteiger partial charge on any atom is -0.307 e. The Labute approximate surface area is 230 Å². The third kappa shape index (κ3) is 3.09. The topological polar surface area (TPSA) is 46.5 Å². The van der Waals surface area contributed by atoms with E-state index in [0.29, 0.717) is 5.56 Å². The quantitative estimate of drug-likeness (QED) is 0.238. The molecule has 0 fully saturated rings. The molecule has 0 spiro atoms. The first-order valence-corrected chi connectivity index (χ1v) is 13.3. The average molecular weight is 511 g/mol. The van der Waals surface area contributed by atoms with Gasteiger partial charge in [0, 0.05) is 38.9 Å². The van der Waals surface area contributed by atoms with Crippen molar-refractivity contribution >= 4 is 43.6 Å². The van der Waals surface area contributed by atoms with Crippen LogP contribution in [0, 0.1) is 11.3 Å². The molecule has 0 atom stereocenters. The largest absolute Gasteiger partial charge is 0.307 e. The van der Waals surface area contributed by atoms with Crippen molar-refractivity contribution in [3.63, 3.8) is 0 Å². The molecule has 0 bridgehead atoms. The summed E-state index contributed by atoms with van der Waals surface area (Å²) >= 11 is 0. The number of nitrogens with zero attached hydrogens (tertiary/aromatic N) is 4. The number of rotatable bonds is 3. The highest BCUT2D eigenvalue weighted by Gasteiger charge is 2.22. The van der Waals surface area contributed by atoms with E-state index in [1.54, 1.807) is 0 Å². The van der Waals surface area contributed by atoms with Gasteiger partial charge in [0.05, 0.1) is 33.3 Å². The van der Waals surface area contributed by atoms with Gasteiger partial charge in [-0.05, 0) is 42.5 Å². The first kappa shape index (κ1) is 22.3. The van der Waals surface area contributed by atoms with E-state index < -0.39 is 0 Å². The molecule has 8 rings (SSSR count). The van der Waals surface area contributed by atoms with Crippen molar-refractivity contribution in [1.29, 1.82) is 5.26 Å². The summed E-state index contributed by atoms with van der Waals surface area (Å²) in [5.41, 5.74) is 7.71. The molecule has 3 heterocycles. The minimum absolute atomic E-state index is 0.612. The van der Waals surface area contributed by atoms with Crippen molar-refractivity contribution in [2.24, 2.45) is 0 Å². The number of hydrogen-bond acceptors (Lipinski definition) is 2. The molecule has 0 unspecified atom stereocenters. The molecular weight excluding hydrogens is 488 g/mol. The maximum Gasteiger partial charge on any atom is 0.145 e. The number of hydrogen-bond donors (Lipinski definition) is 0. The van der Waals surface area contributed by atoms with E-state index in [2.05, 4.69) is 124 Å². The van der Waals surface area contributed by atoms with Crippen LogP contribution in [0.5, 0.6) is 0 Å². The number of nitriles is 1. The number of pyridine rings is 1. The average Bonchev–Trinajstić information content (AvgIpc) is 3.54. The minimum atomic E-state index is 0.612. The Balaban J connectivity index is 1.51. The van der Waals surface area contributed by atoms with Gasteiger partial charge in [-0.2, -0.15) is 5.26 Å². The molecule has 0 saturated carbocycles. The molecule has 4 nitrogen and oxygen atoms in total. The second kappa shape index (κ2) is 8.69. The third-order valence-corrected chi connectivity index (χ3v) is 7.83. The zero-order valence-electron chi connectivity index (χ0n) is 21.5. The molecule has 0 N–H and O–H groups in total. The predicted octanol–water partition coefficient (Wildman–Crippen LogP) is 8.81. The van der Waals surface area contributed by atoms with Gasteiger partial charge in [-0.15, -0.1) is 0 Å². The molecule has 40 heavy (non-hydrogen) atoms. The second-order valence-electron chi connectivity index (χ2n) is 9.93. The molecule has 0 radical (unpaired) electrons. The fourth-order valence-corrected chi connectivity index (χ4v) is 6.19. The number of aromatic nitrogens is 3. The maximum atomic E-state index is 10.4. The molecule has 8 aromatic rings. The Morgan fingerprint density at radius 2 is 0.950 bits per heavy atom. The standard InChI is InChI=1S/C36H22N4/c37-23-24-11-9-16-29(35(24)39-31-18-5-1-12-25(31)26-13-2-6-19-32(26)39)30-17-10-22-38-36(30)40-33-20-7-3-14-27(33)28-15-4-8-21-34(28)40/h1-22H. The van der Waals surface area contributed by atoms with E-state index in [-0.39, 0.29) is 0 Å². The molecule has 4 heteroatoms. The first-order chi connectivity index (χ1) is 19.8. The molecule has 0 aliphatic rings. The summed E-state index contributed by atoms with van der Waals surface area (Å²) in [5, 5.41) is 15.1. The van der Waals surface area contributed by atoms with Gasteiger partial charge in [0.15, 0.2) is 0 Å². The highest BCUT2D eigenvalue weighted by atomic mass is 15.1. The maximum absolute atomic E-state index is 10.4. The Morgan fingerprint density at radius 1 is 0.475 bits per heavy atom. The molecule has 0 amide bonds. The van der Waals surface area contributed by atoms with Crippen molar-refractivity contribution in [3.8, 4) is 28.7 Å². The fraction of sp³-hybridized carbons (Fsp3) is 0. The Hall–Kier alpha value is -5.66. The van der Waals surface area contributed by atoms with Crippen LogP contribution in [0.1, 0.15) is 5.56 Å². The van der Waals surface area contributed by atoms with Crippen LogP contribution in [0.15, 0.2) is 134 Å². The van der Waals surface area contributed by atoms with Crippen LogP contribution in [-0.4, -0.2) is 14.1 Å². The van der Waals surface area contributed by atoms with Gasteiger partial charge in [0.1, 0.15) is 11.9 Å². The van der Waals surface area contributed by atoms with E-state index in [0.717, 1.165) is 55.5 Å². The Bertz CT molecular complexity index is 2190. The molecule has 0 aliphatic carbocycles. The lowest BCUT2D eigenvalue weighted by Gasteiger charge is -2.18. The SMILES string of the molecule is N#Cc1cccc(-c2cccnc2-n2c3ccccc3c3ccccc32)c1-n1c2ccccc2c2ccccc21. The van der Waals surface area contributed by atoms with Gasteiger partial charge in [0.25, 0.3) is 0 Å². The van der Waals surface area contributed by atoms with E-state index in [1.807, 2.05) is 24.4 Å². The van der Waals surface area contributed by atoms with E-state index in [4.69, 9.17) is 4.98 Å². The lowest BCUT2D eigenvalue weighted by atomic mass is 10.00. The Morgan fingerprint density at radius 3 is 1.48 bits per heavy atom. The van der Waals surface area contributed by atoms with Crippen LogP contribution < -0.4 is 0 Å². The smallest absolute Gasteiger partial charge is 0.145 e. The molecule has 5 aromatic carbocycles. The van der Waals surface area contributed by atoms with Gasteiger partial charge in [0.2, 0.25) is 0 Å². The third-order valence-electron chi connectivity index (χ3n) is 7.83. The van der Waals surface area contributed by atoms with Crippen LogP contribution in [0.25, 0.3) is 66.2 Å². The number of fused-ring (bicyclic) bond motifs is 6. The summed E-state index contributed by atoms with van der Waals surface area (Å²) in [6.45, 7) is 0. The van der Waals surface area contributed by atoms with Gasteiger partial charge in [-0.25, -0.2) is 4.98 Å². The Kier molecular flexibility index (Phi) is 4.85. The summed E-state index contributed by atoms with van der Waals surface area (Å²) in [6.07, 6.45) is 1.84. The van der Waals surface area contributed by atoms with E-state index in [9.17, 15) is 5.26 Å². The normalized spacial score (nSPS) is 11.5. The molecule has 3 aromatic heterocycles. The fourth-order valence-electron chi connectivity index (χ4n) is 6.19.